The predicted octanol–water partition coefficient (Wildman–Crippen LogP) is 3.94. The predicted molar refractivity (Wildman–Crippen MR) is 104 cm³/mol. The van der Waals surface area contributed by atoms with E-state index in [1.165, 1.54) is 11.8 Å². The van der Waals surface area contributed by atoms with Crippen molar-refractivity contribution in [2.75, 3.05) is 24.7 Å². The van der Waals surface area contributed by atoms with E-state index in [4.69, 9.17) is 0 Å². The van der Waals surface area contributed by atoms with Gasteiger partial charge in [-0.3, -0.25) is 13.9 Å². The van der Waals surface area contributed by atoms with Crippen LogP contribution in [-0.4, -0.2) is 35.5 Å². The molecule has 1 heterocycles. The number of benzene rings is 2. The summed E-state index contributed by atoms with van der Waals surface area (Å²) in [5.41, 5.74) is 1.94. The largest absolute Gasteiger partial charge is 0.324 e. The van der Waals surface area contributed by atoms with E-state index >= 15 is 0 Å². The molecule has 0 aliphatic carbocycles. The Morgan fingerprint density at radius 2 is 2.04 bits per heavy atom. The summed E-state index contributed by atoms with van der Waals surface area (Å²) in [6.07, 6.45) is 0. The number of carbonyl (C=O) groups excluding carboxylic acids is 2. The summed E-state index contributed by atoms with van der Waals surface area (Å²) >= 11 is 3.09. The lowest BCUT2D eigenvalue weighted by Crippen LogP contribution is -2.26. The summed E-state index contributed by atoms with van der Waals surface area (Å²) < 4.78 is 1.99. The molecule has 0 saturated carbocycles. The average Bonchev–Trinajstić information content (AvgIpc) is 2.55. The van der Waals surface area contributed by atoms with Crippen LogP contribution in [0.1, 0.15) is 17.3 Å². The van der Waals surface area contributed by atoms with Crippen LogP contribution < -0.4 is 10.6 Å². The molecule has 5 nitrogen and oxygen atoms in total. The summed E-state index contributed by atoms with van der Waals surface area (Å²) in [6.45, 7) is 1.86. The number of carbonyl (C=O) groups is 2. The Morgan fingerprint density at radius 3 is 2.80 bits per heavy atom. The Bertz CT molecular complexity index is 824. The Morgan fingerprint density at radius 1 is 1.24 bits per heavy atom. The second kappa shape index (κ2) is 7.51. The SMILES string of the molecule is CC1Sc2ccc(C(=O)Nc3cccc(SN(C)C)c3)cc2NC1=O. The first-order valence-electron chi connectivity index (χ1n) is 7.80. The second-order valence-corrected chi connectivity index (χ2v) is 8.61. The Kier molecular flexibility index (Phi) is 5.36. The van der Waals surface area contributed by atoms with Crippen molar-refractivity contribution in [1.82, 2.24) is 4.31 Å². The number of anilines is 2. The van der Waals surface area contributed by atoms with Gasteiger partial charge in [-0.15, -0.1) is 11.8 Å². The zero-order valence-corrected chi connectivity index (χ0v) is 15.8. The minimum Gasteiger partial charge on any atom is -0.324 e. The van der Waals surface area contributed by atoms with Gasteiger partial charge in [0.1, 0.15) is 0 Å². The van der Waals surface area contributed by atoms with Gasteiger partial charge in [0.05, 0.1) is 10.9 Å². The molecule has 1 aliphatic heterocycles. The number of nitrogens with zero attached hydrogens (tertiary/aromatic N) is 1. The van der Waals surface area contributed by atoms with Crippen molar-refractivity contribution in [1.29, 1.82) is 0 Å². The monoisotopic (exact) mass is 373 g/mol. The maximum atomic E-state index is 12.5. The number of fused-ring (bicyclic) bond motifs is 1. The highest BCUT2D eigenvalue weighted by molar-refractivity contribution is 8.01. The Labute approximate surface area is 155 Å². The molecule has 2 aromatic carbocycles. The van der Waals surface area contributed by atoms with Crippen LogP contribution in [-0.2, 0) is 4.79 Å². The number of hydrogen-bond donors (Lipinski definition) is 2. The van der Waals surface area contributed by atoms with E-state index in [1.54, 1.807) is 24.1 Å². The van der Waals surface area contributed by atoms with Crippen molar-refractivity contribution in [3.63, 3.8) is 0 Å². The van der Waals surface area contributed by atoms with E-state index in [0.717, 1.165) is 15.5 Å². The lowest BCUT2D eigenvalue weighted by atomic mass is 10.1. The molecule has 1 atom stereocenters. The summed E-state index contributed by atoms with van der Waals surface area (Å²) in [6, 6.07) is 13.1. The van der Waals surface area contributed by atoms with Crippen LogP contribution in [0.15, 0.2) is 52.3 Å². The maximum Gasteiger partial charge on any atom is 0.255 e. The van der Waals surface area contributed by atoms with E-state index in [1.807, 2.05) is 55.7 Å². The van der Waals surface area contributed by atoms with Crippen molar-refractivity contribution < 1.29 is 9.59 Å². The van der Waals surface area contributed by atoms with Gasteiger partial charge in [-0.1, -0.05) is 6.07 Å². The van der Waals surface area contributed by atoms with Gasteiger partial charge in [0.15, 0.2) is 0 Å². The minimum atomic E-state index is -0.201. The van der Waals surface area contributed by atoms with Gasteiger partial charge in [0, 0.05) is 21.0 Å². The van der Waals surface area contributed by atoms with E-state index < -0.39 is 0 Å². The third kappa shape index (κ3) is 4.36. The van der Waals surface area contributed by atoms with Crippen LogP contribution in [0.25, 0.3) is 0 Å². The molecule has 0 fully saturated rings. The Balaban J connectivity index is 1.76. The average molecular weight is 374 g/mol. The highest BCUT2D eigenvalue weighted by atomic mass is 32.2. The minimum absolute atomic E-state index is 0.0385. The highest BCUT2D eigenvalue weighted by Gasteiger charge is 2.23. The molecule has 2 amide bonds. The smallest absolute Gasteiger partial charge is 0.255 e. The molecular formula is C18H19N3O2S2. The first-order chi connectivity index (χ1) is 11.9. The van der Waals surface area contributed by atoms with Gasteiger partial charge in [0.25, 0.3) is 5.91 Å². The fourth-order valence-corrected chi connectivity index (χ4v) is 4.07. The zero-order valence-electron chi connectivity index (χ0n) is 14.2. The van der Waals surface area contributed by atoms with Gasteiger partial charge >= 0.3 is 0 Å². The second-order valence-electron chi connectivity index (χ2n) is 5.85. The quantitative estimate of drug-likeness (QED) is 0.795. The van der Waals surface area contributed by atoms with E-state index in [-0.39, 0.29) is 17.1 Å². The fourth-order valence-electron chi connectivity index (χ4n) is 2.39. The molecule has 1 unspecified atom stereocenters. The molecule has 0 aromatic heterocycles. The topological polar surface area (TPSA) is 61.4 Å². The summed E-state index contributed by atoms with van der Waals surface area (Å²) in [5, 5.41) is 5.64. The van der Waals surface area contributed by atoms with Gasteiger partial charge in [-0.2, -0.15) is 0 Å². The molecule has 7 heteroatoms. The van der Waals surface area contributed by atoms with Crippen LogP contribution in [0.3, 0.4) is 0 Å². The number of amides is 2. The molecule has 0 radical (unpaired) electrons. The van der Waals surface area contributed by atoms with E-state index in [2.05, 4.69) is 10.6 Å². The van der Waals surface area contributed by atoms with Crippen LogP contribution in [0.2, 0.25) is 0 Å². The fraction of sp³-hybridized carbons (Fsp3) is 0.222. The van der Waals surface area contributed by atoms with Crippen molar-refractivity contribution >= 4 is 46.9 Å². The lowest BCUT2D eigenvalue weighted by Gasteiger charge is -2.21. The summed E-state index contributed by atoms with van der Waals surface area (Å²) in [5.74, 6) is -0.240. The molecule has 2 N–H and O–H groups in total. The number of rotatable bonds is 4. The first kappa shape index (κ1) is 17.8. The van der Waals surface area contributed by atoms with Crippen molar-refractivity contribution in [2.24, 2.45) is 0 Å². The van der Waals surface area contributed by atoms with Crippen LogP contribution in [0.5, 0.6) is 0 Å². The molecule has 130 valence electrons. The number of thioether (sulfide) groups is 1. The van der Waals surface area contributed by atoms with Crippen LogP contribution >= 0.6 is 23.7 Å². The van der Waals surface area contributed by atoms with Crippen molar-refractivity contribution in [2.45, 2.75) is 22.0 Å². The molecule has 2 aromatic rings. The van der Waals surface area contributed by atoms with Gasteiger partial charge < -0.3 is 10.6 Å². The Hall–Kier alpha value is -1.96. The molecule has 0 saturated heterocycles. The van der Waals surface area contributed by atoms with E-state index in [0.29, 0.717) is 11.3 Å². The zero-order chi connectivity index (χ0) is 18.0. The third-order valence-electron chi connectivity index (χ3n) is 3.55. The molecule has 3 rings (SSSR count). The first-order valence-corrected chi connectivity index (χ1v) is 9.46. The number of hydrogen-bond acceptors (Lipinski definition) is 5. The normalized spacial score (nSPS) is 16.3. The van der Waals surface area contributed by atoms with E-state index in [9.17, 15) is 9.59 Å². The van der Waals surface area contributed by atoms with Crippen LogP contribution in [0, 0.1) is 0 Å². The summed E-state index contributed by atoms with van der Waals surface area (Å²) in [7, 11) is 3.94. The number of nitrogens with one attached hydrogen (secondary N) is 2. The van der Waals surface area contributed by atoms with Gasteiger partial charge in [-0.05, 0) is 69.4 Å². The molecule has 25 heavy (non-hydrogen) atoms. The van der Waals surface area contributed by atoms with Gasteiger partial charge in [0.2, 0.25) is 5.91 Å². The lowest BCUT2D eigenvalue weighted by molar-refractivity contribution is -0.115. The standard InChI is InChI=1S/C18H19N3O2S2/c1-11-17(22)20-15-9-12(7-8-16(15)24-11)18(23)19-13-5-4-6-14(10-13)25-21(2)3/h4-11H,1-3H3,(H,19,23)(H,20,22). The third-order valence-corrected chi connectivity index (χ3v) is 5.56. The maximum absolute atomic E-state index is 12.5. The van der Waals surface area contributed by atoms with Crippen molar-refractivity contribution in [3.8, 4) is 0 Å². The van der Waals surface area contributed by atoms with Gasteiger partial charge in [-0.25, -0.2) is 0 Å². The highest BCUT2D eigenvalue weighted by Crippen LogP contribution is 2.36. The summed E-state index contributed by atoms with van der Waals surface area (Å²) in [4.78, 5) is 26.4. The molecule has 0 spiro atoms. The van der Waals surface area contributed by atoms with Crippen LogP contribution in [0.4, 0.5) is 11.4 Å². The molecular weight excluding hydrogens is 354 g/mol. The van der Waals surface area contributed by atoms with Crippen molar-refractivity contribution in [3.05, 3.63) is 48.0 Å². The molecule has 0 bridgehead atoms. The molecule has 1 aliphatic rings.